The molecule has 25 heavy (non-hydrogen) atoms. The highest BCUT2D eigenvalue weighted by Gasteiger charge is 2.14. The normalized spacial score (nSPS) is 10.2. The predicted molar refractivity (Wildman–Crippen MR) is 106 cm³/mol. The molecule has 0 atom stereocenters. The van der Waals surface area contributed by atoms with E-state index >= 15 is 0 Å². The molecule has 0 aliphatic carbocycles. The van der Waals surface area contributed by atoms with E-state index in [9.17, 15) is 4.79 Å². The van der Waals surface area contributed by atoms with E-state index < -0.39 is 0 Å². The summed E-state index contributed by atoms with van der Waals surface area (Å²) in [5, 5.41) is 3.06. The lowest BCUT2D eigenvalue weighted by molar-refractivity contribution is 0.0977. The van der Waals surface area contributed by atoms with E-state index in [1.165, 1.54) is 0 Å². The number of ether oxygens (including phenoxy) is 2. The Kier molecular flexibility index (Phi) is 7.36. The molecule has 5 nitrogen and oxygen atoms in total. The number of para-hydroxylation sites is 1. The molecule has 0 aliphatic rings. The number of benzene rings is 2. The van der Waals surface area contributed by atoms with Crippen LogP contribution in [-0.4, -0.2) is 38.4 Å². The van der Waals surface area contributed by atoms with Gasteiger partial charge in [-0.25, -0.2) is 0 Å². The summed E-state index contributed by atoms with van der Waals surface area (Å²) in [5.74, 6) is 0.370. The number of hydrogen-bond donors (Lipinski definition) is 1. The SMILES string of the molecule is COCCOc1ccc(C(=O)NC(=S)N(C)c2ccccc2)cc1Br. The van der Waals surface area contributed by atoms with Gasteiger partial charge in [0.25, 0.3) is 5.91 Å². The van der Waals surface area contributed by atoms with Gasteiger partial charge < -0.3 is 14.4 Å². The fourth-order valence-electron chi connectivity index (χ4n) is 2.02. The van der Waals surface area contributed by atoms with E-state index in [4.69, 9.17) is 21.7 Å². The number of methoxy groups -OCH3 is 1. The van der Waals surface area contributed by atoms with Crippen LogP contribution in [0.4, 0.5) is 5.69 Å². The Morgan fingerprint density at radius 1 is 1.20 bits per heavy atom. The predicted octanol–water partition coefficient (Wildman–Crippen LogP) is 3.63. The monoisotopic (exact) mass is 422 g/mol. The van der Waals surface area contributed by atoms with Crippen molar-refractivity contribution in [2.45, 2.75) is 0 Å². The zero-order valence-corrected chi connectivity index (χ0v) is 16.4. The highest BCUT2D eigenvalue weighted by molar-refractivity contribution is 9.10. The molecule has 0 fully saturated rings. The summed E-state index contributed by atoms with van der Waals surface area (Å²) < 4.78 is 11.2. The van der Waals surface area contributed by atoms with E-state index in [1.807, 2.05) is 30.3 Å². The molecular weight excluding hydrogens is 404 g/mol. The van der Waals surface area contributed by atoms with Crippen LogP contribution in [0, 0.1) is 0 Å². The summed E-state index contributed by atoms with van der Waals surface area (Å²) >= 11 is 8.72. The molecule has 0 saturated heterocycles. The fourth-order valence-corrected chi connectivity index (χ4v) is 2.71. The number of thiocarbonyl (C=S) groups is 1. The smallest absolute Gasteiger partial charge is 0.257 e. The second-order valence-corrected chi connectivity index (χ2v) is 6.38. The van der Waals surface area contributed by atoms with Crippen LogP contribution in [0.3, 0.4) is 0 Å². The van der Waals surface area contributed by atoms with Crippen LogP contribution in [0.1, 0.15) is 10.4 Å². The van der Waals surface area contributed by atoms with Crippen molar-refractivity contribution in [2.24, 2.45) is 0 Å². The maximum absolute atomic E-state index is 12.4. The first-order valence-corrected chi connectivity index (χ1v) is 8.78. The van der Waals surface area contributed by atoms with Crippen molar-refractivity contribution in [2.75, 3.05) is 32.3 Å². The first-order chi connectivity index (χ1) is 12.0. The third-order valence-corrected chi connectivity index (χ3v) is 4.40. The molecule has 132 valence electrons. The van der Waals surface area contributed by atoms with Crippen LogP contribution in [0.25, 0.3) is 0 Å². The lowest BCUT2D eigenvalue weighted by atomic mass is 10.2. The summed E-state index contributed by atoms with van der Waals surface area (Å²) in [7, 11) is 3.42. The largest absolute Gasteiger partial charge is 0.490 e. The van der Waals surface area contributed by atoms with Gasteiger partial charge in [-0.1, -0.05) is 18.2 Å². The number of carbonyl (C=O) groups excluding carboxylic acids is 1. The Balaban J connectivity index is 2.00. The quantitative estimate of drug-likeness (QED) is 0.568. The topological polar surface area (TPSA) is 50.8 Å². The van der Waals surface area contributed by atoms with Gasteiger partial charge in [0.05, 0.1) is 11.1 Å². The number of nitrogens with zero attached hydrogens (tertiary/aromatic N) is 1. The van der Waals surface area contributed by atoms with Crippen LogP contribution in [0.15, 0.2) is 53.0 Å². The van der Waals surface area contributed by atoms with Gasteiger partial charge in [0.15, 0.2) is 5.11 Å². The molecule has 0 saturated carbocycles. The van der Waals surface area contributed by atoms with Crippen molar-refractivity contribution in [3.8, 4) is 5.75 Å². The molecule has 2 aromatic carbocycles. The third-order valence-electron chi connectivity index (χ3n) is 3.41. The number of carbonyl (C=O) groups is 1. The molecule has 0 radical (unpaired) electrons. The van der Waals surface area contributed by atoms with Crippen LogP contribution in [-0.2, 0) is 4.74 Å². The lowest BCUT2D eigenvalue weighted by Crippen LogP contribution is -2.40. The lowest BCUT2D eigenvalue weighted by Gasteiger charge is -2.20. The highest BCUT2D eigenvalue weighted by atomic mass is 79.9. The second-order valence-electron chi connectivity index (χ2n) is 5.14. The zero-order chi connectivity index (χ0) is 18.2. The summed E-state index contributed by atoms with van der Waals surface area (Å²) in [6, 6.07) is 14.7. The highest BCUT2D eigenvalue weighted by Crippen LogP contribution is 2.26. The second kappa shape index (κ2) is 9.50. The summed E-state index contributed by atoms with van der Waals surface area (Å²) in [6.07, 6.45) is 0. The van der Waals surface area contributed by atoms with Gasteiger partial charge in [-0.3, -0.25) is 10.1 Å². The molecule has 0 unspecified atom stereocenters. The van der Waals surface area contributed by atoms with Gasteiger partial charge >= 0.3 is 0 Å². The minimum Gasteiger partial charge on any atom is -0.490 e. The molecule has 2 rings (SSSR count). The average Bonchev–Trinajstić information content (AvgIpc) is 2.63. The van der Waals surface area contributed by atoms with E-state index in [2.05, 4.69) is 21.2 Å². The first kappa shape index (κ1) is 19.4. The maximum atomic E-state index is 12.4. The van der Waals surface area contributed by atoms with Crippen LogP contribution < -0.4 is 15.0 Å². The van der Waals surface area contributed by atoms with Crippen molar-refractivity contribution < 1.29 is 14.3 Å². The molecule has 0 spiro atoms. The van der Waals surface area contributed by atoms with E-state index in [0.29, 0.717) is 34.1 Å². The Bertz CT molecular complexity index is 740. The van der Waals surface area contributed by atoms with Crippen LogP contribution >= 0.6 is 28.1 Å². The van der Waals surface area contributed by atoms with Gasteiger partial charge in [-0.05, 0) is 58.5 Å². The number of anilines is 1. The number of nitrogens with one attached hydrogen (secondary N) is 1. The fraction of sp³-hybridized carbons (Fsp3) is 0.222. The Labute approximate surface area is 161 Å². The third kappa shape index (κ3) is 5.52. The molecule has 7 heteroatoms. The van der Waals surface area contributed by atoms with E-state index in [1.54, 1.807) is 37.3 Å². The first-order valence-electron chi connectivity index (χ1n) is 7.58. The molecule has 2 aromatic rings. The van der Waals surface area contributed by atoms with E-state index in [-0.39, 0.29) is 5.91 Å². The number of amides is 1. The van der Waals surface area contributed by atoms with Crippen molar-refractivity contribution in [1.29, 1.82) is 0 Å². The Morgan fingerprint density at radius 2 is 1.92 bits per heavy atom. The number of rotatable bonds is 6. The summed E-state index contributed by atoms with van der Waals surface area (Å²) in [4.78, 5) is 14.1. The molecule has 0 aliphatic heterocycles. The summed E-state index contributed by atoms with van der Waals surface area (Å²) in [6.45, 7) is 0.932. The molecule has 1 N–H and O–H groups in total. The van der Waals surface area contributed by atoms with Crippen molar-refractivity contribution >= 4 is 44.9 Å². The molecular formula is C18H19BrN2O3S. The van der Waals surface area contributed by atoms with Gasteiger partial charge in [-0.15, -0.1) is 0 Å². The maximum Gasteiger partial charge on any atom is 0.257 e. The van der Waals surface area contributed by atoms with Crippen molar-refractivity contribution in [1.82, 2.24) is 5.32 Å². The minimum absolute atomic E-state index is 0.281. The minimum atomic E-state index is -0.281. The average molecular weight is 423 g/mol. The van der Waals surface area contributed by atoms with Gasteiger partial charge in [0, 0.05) is 25.4 Å². The molecule has 0 aromatic heterocycles. The number of halogens is 1. The van der Waals surface area contributed by atoms with Gasteiger partial charge in [-0.2, -0.15) is 0 Å². The van der Waals surface area contributed by atoms with Gasteiger partial charge in [0.1, 0.15) is 12.4 Å². The molecule has 1 amide bonds. The Morgan fingerprint density at radius 3 is 2.56 bits per heavy atom. The van der Waals surface area contributed by atoms with Crippen LogP contribution in [0.5, 0.6) is 5.75 Å². The zero-order valence-electron chi connectivity index (χ0n) is 14.0. The number of hydrogen-bond acceptors (Lipinski definition) is 4. The van der Waals surface area contributed by atoms with Crippen LogP contribution in [0.2, 0.25) is 0 Å². The molecule has 0 heterocycles. The standard InChI is InChI=1S/C18H19BrN2O3S/c1-21(14-6-4-3-5-7-14)18(25)20-17(22)13-8-9-16(15(19)12-13)24-11-10-23-2/h3-9,12H,10-11H2,1-2H3,(H,20,22,25). The van der Waals surface area contributed by atoms with Crippen molar-refractivity contribution in [3.63, 3.8) is 0 Å². The van der Waals surface area contributed by atoms with Crippen molar-refractivity contribution in [3.05, 3.63) is 58.6 Å². The molecule has 0 bridgehead atoms. The van der Waals surface area contributed by atoms with E-state index in [0.717, 1.165) is 5.69 Å². The van der Waals surface area contributed by atoms with Gasteiger partial charge in [0.2, 0.25) is 0 Å². The summed E-state index contributed by atoms with van der Waals surface area (Å²) in [5.41, 5.74) is 1.38. The Hall–Kier alpha value is -1.96.